The first-order valence-corrected chi connectivity index (χ1v) is 10.6. The second-order valence-electron chi connectivity index (χ2n) is 6.27. The smallest absolute Gasteiger partial charge is 0.0620 e. The molecule has 0 aliphatic heterocycles. The van der Waals surface area contributed by atoms with Crippen molar-refractivity contribution >= 4 is 17.1 Å². The Balaban J connectivity index is 0.000000375. The van der Waals surface area contributed by atoms with Gasteiger partial charge in [0.05, 0.1) is 17.9 Å². The minimum absolute atomic E-state index is 0.640. The van der Waals surface area contributed by atoms with Crippen molar-refractivity contribution in [2.45, 2.75) is 33.7 Å². The fraction of sp³-hybridized carbons (Fsp3) is 0.231. The molecule has 0 spiro atoms. The molecule has 0 aliphatic rings. The van der Waals surface area contributed by atoms with E-state index in [0.29, 0.717) is 13.1 Å². The summed E-state index contributed by atoms with van der Waals surface area (Å²) in [6, 6.07) is 28.2. The molecule has 0 radical (unpaired) electrons. The number of rotatable bonds is 7. The SMILES string of the molecule is CC.CC/C=C(\N)CNc1ccccc1Nc1ccccc1.NCc1ccccc1. The van der Waals surface area contributed by atoms with Crippen molar-refractivity contribution in [1.82, 2.24) is 0 Å². The van der Waals surface area contributed by atoms with Crippen LogP contribution in [0.15, 0.2) is 96.7 Å². The van der Waals surface area contributed by atoms with Crippen molar-refractivity contribution in [2.24, 2.45) is 11.5 Å². The number of benzene rings is 3. The Kier molecular flexibility index (Phi) is 12.9. The summed E-state index contributed by atoms with van der Waals surface area (Å²) in [5.41, 5.74) is 16.5. The van der Waals surface area contributed by atoms with E-state index in [2.05, 4.69) is 23.6 Å². The molecular weight excluding hydrogens is 368 g/mol. The first kappa shape index (κ1) is 24.8. The fourth-order valence-electron chi connectivity index (χ4n) is 2.57. The number of nitrogens with one attached hydrogen (secondary N) is 2. The molecule has 30 heavy (non-hydrogen) atoms. The van der Waals surface area contributed by atoms with Crippen molar-refractivity contribution in [3.8, 4) is 0 Å². The minimum atomic E-state index is 0.640. The van der Waals surface area contributed by atoms with Gasteiger partial charge in [-0.2, -0.15) is 0 Å². The third-order valence-corrected chi connectivity index (χ3v) is 4.01. The normalized spacial score (nSPS) is 10.1. The highest BCUT2D eigenvalue weighted by Crippen LogP contribution is 2.25. The van der Waals surface area contributed by atoms with E-state index in [4.69, 9.17) is 11.5 Å². The van der Waals surface area contributed by atoms with Gasteiger partial charge in [-0.25, -0.2) is 0 Å². The maximum absolute atomic E-state index is 5.91. The summed E-state index contributed by atoms with van der Waals surface area (Å²) in [5, 5.41) is 6.77. The second kappa shape index (κ2) is 15.7. The topological polar surface area (TPSA) is 76.1 Å². The lowest BCUT2D eigenvalue weighted by Gasteiger charge is -2.14. The van der Waals surface area contributed by atoms with Crippen LogP contribution in [0.4, 0.5) is 17.1 Å². The molecule has 3 aromatic rings. The predicted molar refractivity (Wildman–Crippen MR) is 133 cm³/mol. The Morgan fingerprint density at radius 3 is 1.87 bits per heavy atom. The van der Waals surface area contributed by atoms with Crippen molar-refractivity contribution in [2.75, 3.05) is 17.2 Å². The molecule has 6 N–H and O–H groups in total. The molecular formula is C26H36N4. The van der Waals surface area contributed by atoms with Crippen LogP contribution in [0.25, 0.3) is 0 Å². The first-order valence-electron chi connectivity index (χ1n) is 10.6. The molecule has 3 aromatic carbocycles. The first-order chi connectivity index (χ1) is 14.7. The number of nitrogens with two attached hydrogens (primary N) is 2. The molecule has 0 amide bonds. The fourth-order valence-corrected chi connectivity index (χ4v) is 2.57. The van der Waals surface area contributed by atoms with Gasteiger partial charge in [0.15, 0.2) is 0 Å². The van der Waals surface area contributed by atoms with Crippen molar-refractivity contribution in [3.63, 3.8) is 0 Å². The Morgan fingerprint density at radius 2 is 1.33 bits per heavy atom. The molecule has 0 aliphatic carbocycles. The molecule has 0 unspecified atom stereocenters. The largest absolute Gasteiger partial charge is 0.401 e. The second-order valence-corrected chi connectivity index (χ2v) is 6.27. The van der Waals surface area contributed by atoms with Gasteiger partial charge in [-0.3, -0.25) is 0 Å². The third kappa shape index (κ3) is 9.80. The van der Waals surface area contributed by atoms with Crippen LogP contribution in [0.3, 0.4) is 0 Å². The molecule has 4 heteroatoms. The Bertz CT molecular complexity index is 830. The van der Waals surface area contributed by atoms with E-state index < -0.39 is 0 Å². The minimum Gasteiger partial charge on any atom is -0.401 e. The van der Waals surface area contributed by atoms with Crippen LogP contribution in [0, 0.1) is 0 Å². The number of anilines is 3. The quantitative estimate of drug-likeness (QED) is 0.374. The predicted octanol–water partition coefficient (Wildman–Crippen LogP) is 6.27. The van der Waals surface area contributed by atoms with E-state index in [0.717, 1.165) is 29.2 Å². The van der Waals surface area contributed by atoms with Gasteiger partial charge in [-0.1, -0.05) is 87.5 Å². The lowest BCUT2D eigenvalue weighted by molar-refractivity contribution is 1.07. The van der Waals surface area contributed by atoms with Crippen molar-refractivity contribution < 1.29 is 0 Å². The summed E-state index contributed by atoms with van der Waals surface area (Å²) < 4.78 is 0. The van der Waals surface area contributed by atoms with Crippen LogP contribution in [-0.4, -0.2) is 6.54 Å². The molecule has 0 fully saturated rings. The number of allylic oxidation sites excluding steroid dienone is 1. The lowest BCUT2D eigenvalue weighted by atomic mass is 10.2. The van der Waals surface area contributed by atoms with E-state index in [9.17, 15) is 0 Å². The molecule has 4 nitrogen and oxygen atoms in total. The van der Waals surface area contributed by atoms with E-state index in [1.54, 1.807) is 0 Å². The highest BCUT2D eigenvalue weighted by atomic mass is 15.0. The molecule has 0 heterocycles. The third-order valence-electron chi connectivity index (χ3n) is 4.01. The van der Waals surface area contributed by atoms with Crippen molar-refractivity contribution in [3.05, 3.63) is 102 Å². The number of para-hydroxylation sites is 3. The lowest BCUT2D eigenvalue weighted by Crippen LogP contribution is -2.12. The van der Waals surface area contributed by atoms with Crippen LogP contribution in [-0.2, 0) is 6.54 Å². The molecule has 0 aromatic heterocycles. The number of hydrogen-bond donors (Lipinski definition) is 4. The standard InChI is InChI=1S/C17H21N3.C7H9N.C2H6/c1-2-8-14(18)13-19-16-11-6-7-12-17(16)20-15-9-4-3-5-10-15;8-6-7-4-2-1-3-5-7;1-2/h3-12,19-20H,2,13,18H2,1H3;1-5H,6,8H2;1-2H3/b14-8-;;. The molecule has 0 bridgehead atoms. The molecule has 0 saturated heterocycles. The van der Waals surface area contributed by atoms with Crippen LogP contribution >= 0.6 is 0 Å². The van der Waals surface area contributed by atoms with Crippen LogP contribution in [0.1, 0.15) is 32.8 Å². The zero-order chi connectivity index (χ0) is 22.0. The summed E-state index contributed by atoms with van der Waals surface area (Å²) in [5.74, 6) is 0. The summed E-state index contributed by atoms with van der Waals surface area (Å²) >= 11 is 0. The van der Waals surface area contributed by atoms with Gasteiger partial charge in [0.25, 0.3) is 0 Å². The van der Waals surface area contributed by atoms with E-state index >= 15 is 0 Å². The Labute approximate surface area is 182 Å². The summed E-state index contributed by atoms with van der Waals surface area (Å²) in [6.45, 7) is 7.37. The zero-order valence-corrected chi connectivity index (χ0v) is 18.4. The van der Waals surface area contributed by atoms with Gasteiger partial charge in [-0.05, 0) is 36.2 Å². The average molecular weight is 405 g/mol. The van der Waals surface area contributed by atoms with E-state index in [1.165, 1.54) is 5.56 Å². The molecule has 3 rings (SSSR count). The van der Waals surface area contributed by atoms with Gasteiger partial charge in [0, 0.05) is 17.9 Å². The van der Waals surface area contributed by atoms with Crippen LogP contribution in [0.2, 0.25) is 0 Å². The highest BCUT2D eigenvalue weighted by Gasteiger charge is 2.01. The molecule has 0 atom stereocenters. The van der Waals surface area contributed by atoms with E-state index in [1.807, 2.05) is 98.8 Å². The van der Waals surface area contributed by atoms with Gasteiger partial charge in [-0.15, -0.1) is 0 Å². The maximum Gasteiger partial charge on any atom is 0.0620 e. The summed E-state index contributed by atoms with van der Waals surface area (Å²) in [6.07, 6.45) is 2.98. The van der Waals surface area contributed by atoms with E-state index in [-0.39, 0.29) is 0 Å². The van der Waals surface area contributed by atoms with Gasteiger partial charge in [0.1, 0.15) is 0 Å². The van der Waals surface area contributed by atoms with Crippen LogP contribution < -0.4 is 22.1 Å². The van der Waals surface area contributed by atoms with Gasteiger partial charge < -0.3 is 22.1 Å². The van der Waals surface area contributed by atoms with Crippen molar-refractivity contribution in [1.29, 1.82) is 0 Å². The average Bonchev–Trinajstić information content (AvgIpc) is 2.82. The summed E-state index contributed by atoms with van der Waals surface area (Å²) in [7, 11) is 0. The number of hydrogen-bond acceptors (Lipinski definition) is 4. The van der Waals surface area contributed by atoms with Crippen LogP contribution in [0.5, 0.6) is 0 Å². The maximum atomic E-state index is 5.91. The monoisotopic (exact) mass is 404 g/mol. The Morgan fingerprint density at radius 1 is 0.800 bits per heavy atom. The zero-order valence-electron chi connectivity index (χ0n) is 18.4. The molecule has 160 valence electrons. The molecule has 0 saturated carbocycles. The van der Waals surface area contributed by atoms with Gasteiger partial charge in [0.2, 0.25) is 0 Å². The Hall–Kier alpha value is -3.24. The highest BCUT2D eigenvalue weighted by molar-refractivity contribution is 5.74. The summed E-state index contributed by atoms with van der Waals surface area (Å²) in [4.78, 5) is 0. The van der Waals surface area contributed by atoms with Gasteiger partial charge >= 0.3 is 0 Å².